The van der Waals surface area contributed by atoms with E-state index >= 15 is 0 Å². The van der Waals surface area contributed by atoms with Crippen LogP contribution < -0.4 is 5.73 Å². The number of amides is 1. The first-order valence-electron chi connectivity index (χ1n) is 11.8. The number of rotatable bonds is 17. The van der Waals surface area contributed by atoms with Crippen molar-refractivity contribution in [3.8, 4) is 0 Å². The quantitative estimate of drug-likeness (QED) is 0.226. The number of nitrogens with zero attached hydrogens (tertiary/aromatic N) is 1. The molecule has 0 saturated heterocycles. The highest BCUT2D eigenvalue weighted by atomic mass is 16.2. The molecular formula is C25H44N2O. The van der Waals surface area contributed by atoms with E-state index in [1.54, 1.807) is 24.3 Å². The maximum atomic E-state index is 12.3. The minimum Gasteiger partial charge on any atom is -0.399 e. The second kappa shape index (κ2) is 16.4. The Morgan fingerprint density at radius 3 is 1.54 bits per heavy atom. The molecular weight excluding hydrogens is 344 g/mol. The molecule has 0 heterocycles. The van der Waals surface area contributed by atoms with Gasteiger partial charge in [0.25, 0.3) is 5.91 Å². The molecule has 0 saturated carbocycles. The van der Waals surface area contributed by atoms with E-state index in [1.165, 1.54) is 89.9 Å². The van der Waals surface area contributed by atoms with Crippen molar-refractivity contribution in [2.24, 2.45) is 0 Å². The van der Waals surface area contributed by atoms with Crippen molar-refractivity contribution in [1.82, 2.24) is 4.90 Å². The zero-order valence-electron chi connectivity index (χ0n) is 18.6. The summed E-state index contributed by atoms with van der Waals surface area (Å²) >= 11 is 0. The summed E-state index contributed by atoms with van der Waals surface area (Å²) in [6.45, 7) is 3.12. The number of carbonyl (C=O) groups is 1. The Hall–Kier alpha value is -1.51. The molecule has 1 aromatic rings. The minimum atomic E-state index is 0.0883. The molecule has 3 heteroatoms. The molecule has 0 bridgehead atoms. The van der Waals surface area contributed by atoms with E-state index < -0.39 is 0 Å². The molecule has 0 fully saturated rings. The number of carbonyl (C=O) groups excluding carboxylic acids is 1. The first-order chi connectivity index (χ1) is 13.6. The largest absolute Gasteiger partial charge is 0.399 e. The molecule has 0 aromatic heterocycles. The summed E-state index contributed by atoms with van der Waals surface area (Å²) in [7, 11) is 1.89. The standard InChI is InChI=1S/C25H44N2O/c1-3-4-5-6-7-8-9-10-11-12-13-14-15-16-17-22-27(2)25(28)23-18-20-24(26)21-19-23/h18-21H,3-17,22,26H2,1-2H3. The number of nitrogens with two attached hydrogens (primary N) is 1. The number of anilines is 1. The van der Waals surface area contributed by atoms with Crippen LogP contribution in [-0.2, 0) is 0 Å². The molecule has 0 aliphatic heterocycles. The average Bonchev–Trinajstić information content (AvgIpc) is 2.70. The molecule has 0 aliphatic rings. The Bertz CT molecular complexity index is 498. The minimum absolute atomic E-state index is 0.0883. The molecule has 0 radical (unpaired) electrons. The second-order valence-electron chi connectivity index (χ2n) is 8.30. The van der Waals surface area contributed by atoms with Crippen molar-refractivity contribution in [1.29, 1.82) is 0 Å². The van der Waals surface area contributed by atoms with Crippen LogP contribution in [0.2, 0.25) is 0 Å². The van der Waals surface area contributed by atoms with E-state index in [9.17, 15) is 4.79 Å². The molecule has 1 aromatic carbocycles. The van der Waals surface area contributed by atoms with Crippen LogP contribution in [0.15, 0.2) is 24.3 Å². The zero-order chi connectivity index (χ0) is 20.5. The lowest BCUT2D eigenvalue weighted by molar-refractivity contribution is 0.0792. The van der Waals surface area contributed by atoms with Crippen LogP contribution in [0.25, 0.3) is 0 Å². The van der Waals surface area contributed by atoms with E-state index in [1.807, 2.05) is 11.9 Å². The van der Waals surface area contributed by atoms with Crippen LogP contribution in [0.5, 0.6) is 0 Å². The number of nitrogen functional groups attached to an aromatic ring is 1. The molecule has 0 unspecified atom stereocenters. The number of hydrogen-bond acceptors (Lipinski definition) is 2. The van der Waals surface area contributed by atoms with Crippen molar-refractivity contribution in [3.05, 3.63) is 29.8 Å². The first kappa shape index (κ1) is 24.5. The van der Waals surface area contributed by atoms with Gasteiger partial charge in [0.1, 0.15) is 0 Å². The molecule has 1 rings (SSSR count). The smallest absolute Gasteiger partial charge is 0.253 e. The van der Waals surface area contributed by atoms with Crippen molar-refractivity contribution in [3.63, 3.8) is 0 Å². The molecule has 3 nitrogen and oxygen atoms in total. The topological polar surface area (TPSA) is 46.3 Å². The molecule has 1 amide bonds. The molecule has 2 N–H and O–H groups in total. The van der Waals surface area contributed by atoms with Crippen molar-refractivity contribution in [2.75, 3.05) is 19.3 Å². The van der Waals surface area contributed by atoms with Gasteiger partial charge in [0, 0.05) is 24.8 Å². The zero-order valence-corrected chi connectivity index (χ0v) is 18.6. The summed E-state index contributed by atoms with van der Waals surface area (Å²) in [5.41, 5.74) is 7.09. The Kier molecular flexibility index (Phi) is 14.4. The van der Waals surface area contributed by atoms with Gasteiger partial charge in [-0.2, -0.15) is 0 Å². The van der Waals surface area contributed by atoms with Gasteiger partial charge < -0.3 is 10.6 Å². The Morgan fingerprint density at radius 2 is 1.11 bits per heavy atom. The van der Waals surface area contributed by atoms with Crippen molar-refractivity contribution < 1.29 is 4.79 Å². The summed E-state index contributed by atoms with van der Waals surface area (Å²) in [4.78, 5) is 14.1. The van der Waals surface area contributed by atoms with E-state index in [0.717, 1.165) is 18.5 Å². The van der Waals surface area contributed by atoms with Gasteiger partial charge in [0.15, 0.2) is 0 Å². The van der Waals surface area contributed by atoms with Gasteiger partial charge in [-0.1, -0.05) is 96.8 Å². The van der Waals surface area contributed by atoms with Crippen LogP contribution in [0.3, 0.4) is 0 Å². The fraction of sp³-hybridized carbons (Fsp3) is 0.720. The van der Waals surface area contributed by atoms with Crippen LogP contribution in [0, 0.1) is 0 Å². The lowest BCUT2D eigenvalue weighted by Crippen LogP contribution is -2.27. The lowest BCUT2D eigenvalue weighted by Gasteiger charge is -2.17. The SMILES string of the molecule is CCCCCCCCCCCCCCCCCN(C)C(=O)c1ccc(N)cc1. The predicted molar refractivity (Wildman–Crippen MR) is 123 cm³/mol. The van der Waals surface area contributed by atoms with E-state index in [4.69, 9.17) is 5.73 Å². The van der Waals surface area contributed by atoms with Gasteiger partial charge in [0.05, 0.1) is 0 Å². The monoisotopic (exact) mass is 388 g/mol. The molecule has 0 spiro atoms. The van der Waals surface area contributed by atoms with Crippen LogP contribution in [0.1, 0.15) is 114 Å². The summed E-state index contributed by atoms with van der Waals surface area (Å²) in [5.74, 6) is 0.0883. The number of unbranched alkanes of at least 4 members (excludes halogenated alkanes) is 14. The lowest BCUT2D eigenvalue weighted by atomic mass is 10.0. The predicted octanol–water partition coefficient (Wildman–Crippen LogP) is 7.21. The Balaban J connectivity index is 1.88. The van der Waals surface area contributed by atoms with E-state index in [-0.39, 0.29) is 5.91 Å². The average molecular weight is 389 g/mol. The van der Waals surface area contributed by atoms with Crippen LogP contribution in [-0.4, -0.2) is 24.4 Å². The van der Waals surface area contributed by atoms with Crippen LogP contribution >= 0.6 is 0 Å². The van der Waals surface area contributed by atoms with Crippen LogP contribution in [0.4, 0.5) is 5.69 Å². The first-order valence-corrected chi connectivity index (χ1v) is 11.8. The van der Waals surface area contributed by atoms with Crippen molar-refractivity contribution >= 4 is 11.6 Å². The highest BCUT2D eigenvalue weighted by Gasteiger charge is 2.10. The molecule has 28 heavy (non-hydrogen) atoms. The second-order valence-corrected chi connectivity index (χ2v) is 8.30. The third kappa shape index (κ3) is 12.0. The Labute approximate surface area is 174 Å². The highest BCUT2D eigenvalue weighted by Crippen LogP contribution is 2.14. The number of benzene rings is 1. The summed E-state index contributed by atoms with van der Waals surface area (Å²) in [6, 6.07) is 7.19. The third-order valence-corrected chi connectivity index (χ3v) is 5.60. The maximum absolute atomic E-state index is 12.3. The van der Waals surface area contributed by atoms with Gasteiger partial charge in [-0.25, -0.2) is 0 Å². The van der Waals surface area contributed by atoms with Gasteiger partial charge in [-0.05, 0) is 30.7 Å². The summed E-state index contributed by atoms with van der Waals surface area (Å²) in [5, 5.41) is 0. The number of hydrogen-bond donors (Lipinski definition) is 1. The van der Waals surface area contributed by atoms with Gasteiger partial charge >= 0.3 is 0 Å². The fourth-order valence-corrected chi connectivity index (χ4v) is 3.67. The van der Waals surface area contributed by atoms with Crippen molar-refractivity contribution in [2.45, 2.75) is 103 Å². The third-order valence-electron chi connectivity index (χ3n) is 5.60. The molecule has 0 atom stereocenters. The fourth-order valence-electron chi connectivity index (χ4n) is 3.67. The Morgan fingerprint density at radius 1 is 0.714 bits per heavy atom. The van der Waals surface area contributed by atoms with Gasteiger partial charge in [-0.15, -0.1) is 0 Å². The van der Waals surface area contributed by atoms with Gasteiger partial charge in [-0.3, -0.25) is 4.79 Å². The highest BCUT2D eigenvalue weighted by molar-refractivity contribution is 5.94. The molecule has 0 aliphatic carbocycles. The summed E-state index contributed by atoms with van der Waals surface area (Å²) < 4.78 is 0. The maximum Gasteiger partial charge on any atom is 0.253 e. The normalized spacial score (nSPS) is 10.9. The summed E-state index contributed by atoms with van der Waals surface area (Å²) in [6.07, 6.45) is 20.5. The van der Waals surface area contributed by atoms with Gasteiger partial charge in [0.2, 0.25) is 0 Å². The van der Waals surface area contributed by atoms with E-state index in [2.05, 4.69) is 6.92 Å². The molecule has 160 valence electrons. The van der Waals surface area contributed by atoms with E-state index in [0.29, 0.717) is 5.69 Å².